The molecule has 0 heterocycles. The summed E-state index contributed by atoms with van der Waals surface area (Å²) in [7, 11) is 0. The molecule has 0 radical (unpaired) electrons. The fraction of sp³-hybridized carbons (Fsp3) is 0.933. The van der Waals surface area contributed by atoms with Crippen molar-refractivity contribution in [1.82, 2.24) is 5.32 Å². The lowest BCUT2D eigenvalue weighted by Gasteiger charge is -2.23. The molecule has 0 aromatic heterocycles. The maximum absolute atomic E-state index is 12.5. The van der Waals surface area contributed by atoms with Gasteiger partial charge >= 0.3 is 0 Å². The Kier molecular flexibility index (Phi) is 40.1. The van der Waals surface area contributed by atoms with Gasteiger partial charge in [0.05, 0.1) is 18.8 Å². The van der Waals surface area contributed by atoms with Gasteiger partial charge in [0.15, 0.2) is 0 Å². The minimum absolute atomic E-state index is 0.312. The molecule has 0 bridgehead atoms. The molecule has 3 unspecified atom stereocenters. The molecule has 0 saturated carbocycles. The lowest BCUT2D eigenvalue weighted by atomic mass is 10.0. The Morgan fingerprint density at radius 1 is 0.460 bits per heavy atom. The Hall–Kier alpha value is -0.910. The first kappa shape index (κ1) is 49.1. The highest BCUT2D eigenvalue weighted by molar-refractivity contribution is 5.80. The summed E-state index contributed by atoms with van der Waals surface area (Å²) >= 11 is 0. The van der Waals surface area contributed by atoms with Crippen LogP contribution in [0.3, 0.4) is 0 Å². The van der Waals surface area contributed by atoms with Gasteiger partial charge in [0.2, 0.25) is 5.91 Å². The number of carbonyl (C=O) groups is 1. The first-order valence-corrected chi connectivity index (χ1v) is 22.5. The number of aliphatic hydroxyl groups is 3. The van der Waals surface area contributed by atoms with Crippen LogP contribution in [0.4, 0.5) is 0 Å². The molecule has 0 spiro atoms. The topological polar surface area (TPSA) is 89.8 Å². The Balaban J connectivity index is 3.58. The van der Waals surface area contributed by atoms with E-state index < -0.39 is 24.2 Å². The van der Waals surface area contributed by atoms with Crippen molar-refractivity contribution in [2.24, 2.45) is 0 Å². The molecule has 3 atom stereocenters. The Morgan fingerprint density at radius 2 is 0.760 bits per heavy atom. The third-order valence-corrected chi connectivity index (χ3v) is 10.6. The quantitative estimate of drug-likeness (QED) is 0.0376. The SMILES string of the molecule is CCCCCCCCCCCCCC/C=C\CCCCCCCCCC(O)C(=O)NC(CO)C(O)CCCCCCCCCCCCCCC. The van der Waals surface area contributed by atoms with Crippen molar-refractivity contribution in [1.29, 1.82) is 0 Å². The normalized spacial score (nSPS) is 13.6. The number of nitrogens with one attached hydrogen (secondary N) is 1. The largest absolute Gasteiger partial charge is 0.394 e. The van der Waals surface area contributed by atoms with Crippen LogP contribution < -0.4 is 5.32 Å². The summed E-state index contributed by atoms with van der Waals surface area (Å²) in [4.78, 5) is 12.5. The molecule has 0 rings (SSSR count). The van der Waals surface area contributed by atoms with Crippen molar-refractivity contribution in [3.8, 4) is 0 Å². The number of amides is 1. The van der Waals surface area contributed by atoms with E-state index in [0.29, 0.717) is 12.8 Å². The zero-order chi connectivity index (χ0) is 36.6. The third kappa shape index (κ3) is 35.5. The molecular formula is C45H89NO4. The average Bonchev–Trinajstić information content (AvgIpc) is 3.12. The first-order chi connectivity index (χ1) is 24.6. The lowest BCUT2D eigenvalue weighted by molar-refractivity contribution is -0.131. The monoisotopic (exact) mass is 708 g/mol. The van der Waals surface area contributed by atoms with Gasteiger partial charge in [-0.2, -0.15) is 0 Å². The maximum Gasteiger partial charge on any atom is 0.249 e. The van der Waals surface area contributed by atoms with Crippen LogP contribution in [0.2, 0.25) is 0 Å². The van der Waals surface area contributed by atoms with Gasteiger partial charge in [0, 0.05) is 0 Å². The molecule has 50 heavy (non-hydrogen) atoms. The molecule has 5 nitrogen and oxygen atoms in total. The fourth-order valence-corrected chi connectivity index (χ4v) is 7.07. The van der Waals surface area contributed by atoms with Gasteiger partial charge in [0.1, 0.15) is 6.10 Å². The molecule has 0 aromatic carbocycles. The third-order valence-electron chi connectivity index (χ3n) is 10.6. The van der Waals surface area contributed by atoms with Gasteiger partial charge in [-0.25, -0.2) is 0 Å². The van der Waals surface area contributed by atoms with E-state index in [4.69, 9.17) is 0 Å². The van der Waals surface area contributed by atoms with Crippen LogP contribution in [-0.2, 0) is 4.79 Å². The second kappa shape index (κ2) is 40.9. The second-order valence-corrected chi connectivity index (χ2v) is 15.6. The predicted octanol–water partition coefficient (Wildman–Crippen LogP) is 12.8. The van der Waals surface area contributed by atoms with Gasteiger partial charge in [-0.05, 0) is 38.5 Å². The fourth-order valence-electron chi connectivity index (χ4n) is 7.07. The molecule has 4 N–H and O–H groups in total. The molecule has 5 heteroatoms. The van der Waals surface area contributed by atoms with Gasteiger partial charge in [-0.15, -0.1) is 0 Å². The van der Waals surface area contributed by atoms with Crippen molar-refractivity contribution in [3.63, 3.8) is 0 Å². The number of hydrogen-bond acceptors (Lipinski definition) is 4. The van der Waals surface area contributed by atoms with E-state index in [2.05, 4.69) is 31.3 Å². The molecular weight excluding hydrogens is 618 g/mol. The number of hydrogen-bond donors (Lipinski definition) is 4. The van der Waals surface area contributed by atoms with Crippen molar-refractivity contribution in [2.45, 2.75) is 263 Å². The van der Waals surface area contributed by atoms with E-state index in [0.717, 1.165) is 32.1 Å². The van der Waals surface area contributed by atoms with Crippen LogP contribution in [0.1, 0.15) is 245 Å². The molecule has 298 valence electrons. The van der Waals surface area contributed by atoms with Crippen molar-refractivity contribution < 1.29 is 20.1 Å². The minimum atomic E-state index is -1.07. The summed E-state index contributed by atoms with van der Waals surface area (Å²) in [5.74, 6) is -0.472. The second-order valence-electron chi connectivity index (χ2n) is 15.6. The van der Waals surface area contributed by atoms with Crippen LogP contribution in [0, 0.1) is 0 Å². The molecule has 1 amide bonds. The van der Waals surface area contributed by atoms with E-state index in [9.17, 15) is 20.1 Å². The van der Waals surface area contributed by atoms with Gasteiger partial charge in [0.25, 0.3) is 0 Å². The molecule has 0 aliphatic heterocycles. The van der Waals surface area contributed by atoms with E-state index in [1.165, 1.54) is 186 Å². The summed E-state index contributed by atoms with van der Waals surface area (Å²) in [5, 5.41) is 33.3. The van der Waals surface area contributed by atoms with E-state index in [1.54, 1.807) is 0 Å². The maximum atomic E-state index is 12.5. The van der Waals surface area contributed by atoms with Gasteiger partial charge < -0.3 is 20.6 Å². The van der Waals surface area contributed by atoms with Gasteiger partial charge in [-0.3, -0.25) is 4.79 Å². The van der Waals surface area contributed by atoms with E-state index in [1.807, 2.05) is 0 Å². The zero-order valence-corrected chi connectivity index (χ0v) is 33.8. The first-order valence-electron chi connectivity index (χ1n) is 22.5. The number of aliphatic hydroxyl groups excluding tert-OH is 3. The molecule has 0 saturated heterocycles. The summed E-state index contributed by atoms with van der Waals surface area (Å²) in [6.07, 6.45) is 47.9. The number of rotatable bonds is 41. The molecule has 0 aromatic rings. The molecule has 0 fully saturated rings. The van der Waals surface area contributed by atoms with Crippen molar-refractivity contribution in [2.75, 3.05) is 6.61 Å². The number of unbranched alkanes of at least 4 members (excludes halogenated alkanes) is 31. The summed E-state index contributed by atoms with van der Waals surface area (Å²) in [6, 6.07) is -0.710. The standard InChI is InChI=1S/C45H89NO4/c1-3-5-7-9-11-13-15-17-18-19-20-21-22-23-24-25-26-28-30-32-34-36-38-40-44(49)45(50)46-42(41-47)43(48)39-37-35-33-31-29-27-16-14-12-10-8-6-4-2/h23-24,42-44,47-49H,3-22,25-41H2,1-2H3,(H,46,50)/b24-23-. The van der Waals surface area contributed by atoms with Crippen LogP contribution in [-0.4, -0.2) is 46.1 Å². The highest BCUT2D eigenvalue weighted by Gasteiger charge is 2.23. The summed E-state index contributed by atoms with van der Waals surface area (Å²) in [5.41, 5.74) is 0. The van der Waals surface area contributed by atoms with Crippen molar-refractivity contribution >= 4 is 5.91 Å². The van der Waals surface area contributed by atoms with E-state index in [-0.39, 0.29) is 6.61 Å². The summed E-state index contributed by atoms with van der Waals surface area (Å²) in [6.45, 7) is 4.24. The van der Waals surface area contributed by atoms with Crippen LogP contribution in [0.5, 0.6) is 0 Å². The highest BCUT2D eigenvalue weighted by Crippen LogP contribution is 2.16. The predicted molar refractivity (Wildman–Crippen MR) is 218 cm³/mol. The summed E-state index contributed by atoms with van der Waals surface area (Å²) < 4.78 is 0. The van der Waals surface area contributed by atoms with Crippen LogP contribution in [0.25, 0.3) is 0 Å². The smallest absolute Gasteiger partial charge is 0.249 e. The lowest BCUT2D eigenvalue weighted by Crippen LogP contribution is -2.49. The Bertz CT molecular complexity index is 699. The van der Waals surface area contributed by atoms with Crippen molar-refractivity contribution in [3.05, 3.63) is 12.2 Å². The Morgan fingerprint density at radius 3 is 1.10 bits per heavy atom. The highest BCUT2D eigenvalue weighted by atomic mass is 16.3. The van der Waals surface area contributed by atoms with E-state index >= 15 is 0 Å². The molecule has 0 aliphatic rings. The number of allylic oxidation sites excluding steroid dienone is 2. The Labute approximate surface area is 312 Å². The van der Waals surface area contributed by atoms with Gasteiger partial charge in [-0.1, -0.05) is 219 Å². The zero-order valence-electron chi connectivity index (χ0n) is 33.8. The average molecular weight is 708 g/mol. The minimum Gasteiger partial charge on any atom is -0.394 e. The van der Waals surface area contributed by atoms with Crippen LogP contribution >= 0.6 is 0 Å². The number of carbonyl (C=O) groups excluding carboxylic acids is 1. The van der Waals surface area contributed by atoms with Crippen LogP contribution in [0.15, 0.2) is 12.2 Å². The molecule has 0 aliphatic carbocycles.